The first-order chi connectivity index (χ1) is 43.9. The molecule has 10 heteroatoms. The number of allylic oxidation sites excluding steroid dienone is 11. The normalized spacial score (nSPS) is 13.8. The van der Waals surface area contributed by atoms with Gasteiger partial charge in [-0.05, 0) is 102 Å². The highest BCUT2D eigenvalue weighted by Gasteiger charge is 2.30. The molecule has 0 rings (SSSR count). The average molecular weight is 1280 g/mol. The highest BCUT2D eigenvalue weighted by atomic mass is 31.2. The third kappa shape index (κ3) is 69.8. The quantitative estimate of drug-likeness (QED) is 0.0205. The van der Waals surface area contributed by atoms with Crippen LogP contribution in [0.25, 0.3) is 0 Å². The van der Waals surface area contributed by atoms with Gasteiger partial charge in [0.25, 0.3) is 0 Å². The maximum atomic E-state index is 13.7. The van der Waals surface area contributed by atoms with Gasteiger partial charge in [0.15, 0.2) is 0 Å². The number of quaternary nitrogens is 1. The molecule has 90 heavy (non-hydrogen) atoms. The zero-order chi connectivity index (χ0) is 65.6. The van der Waals surface area contributed by atoms with Crippen molar-refractivity contribution in [1.82, 2.24) is 5.32 Å². The van der Waals surface area contributed by atoms with Gasteiger partial charge in [-0.25, -0.2) is 4.57 Å². The molecular weight excluding hydrogens is 1130 g/mol. The highest BCUT2D eigenvalue weighted by Crippen LogP contribution is 2.43. The zero-order valence-corrected chi connectivity index (χ0v) is 61.3. The smallest absolute Gasteiger partial charge is 0.456 e. The van der Waals surface area contributed by atoms with E-state index in [2.05, 4.69) is 86.8 Å². The van der Waals surface area contributed by atoms with Crippen molar-refractivity contribution < 1.29 is 37.3 Å². The van der Waals surface area contributed by atoms with Gasteiger partial charge in [0.1, 0.15) is 19.3 Å². The van der Waals surface area contributed by atoms with Gasteiger partial charge in [-0.1, -0.05) is 332 Å². The molecule has 0 spiro atoms. The molecule has 0 aliphatic carbocycles. The van der Waals surface area contributed by atoms with Crippen molar-refractivity contribution in [3.63, 3.8) is 0 Å². The Kier molecular flexibility index (Phi) is 67.3. The number of unbranched alkanes of at least 4 members (excludes halogenated alkanes) is 45. The maximum Gasteiger partial charge on any atom is 0.472 e. The number of likely N-dealkylation sites (N-methyl/N-ethyl adjacent to an activating group) is 1. The number of esters is 1. The standard InChI is InChI=1S/C80H149N2O7P/c1-7-10-13-16-19-22-25-28-30-32-34-36-38-40-41-43-44-46-48-50-52-54-57-60-63-66-69-72-79(83)81-77(76-88-90(85,86)87-75-74-82(4,5)6)78(71-68-65-62-59-56-27-24-21-18-15-12-9-3)89-80(84)73-70-67-64-61-58-55-53-51-49-47-45-42-39-37-35-33-31-29-26-23-20-17-14-11-8-2/h20,23,28-31,35,37,42,45,68,71,77-78H,7-19,21-22,24-27,32-34,36,38-41,43-44,46-67,69-70,72-76H2,1-6H3,(H-,81,83,85,86)/p+1/b23-20-,30-28+,31-29-,37-35-,45-42-,71-68+. The van der Waals surface area contributed by atoms with Crippen LogP contribution in [0.4, 0.5) is 0 Å². The van der Waals surface area contributed by atoms with E-state index in [9.17, 15) is 19.0 Å². The number of hydrogen-bond donors (Lipinski definition) is 2. The van der Waals surface area contributed by atoms with Gasteiger partial charge in [0, 0.05) is 12.8 Å². The van der Waals surface area contributed by atoms with Crippen LogP contribution in [0.5, 0.6) is 0 Å². The van der Waals surface area contributed by atoms with Gasteiger partial charge in [0.2, 0.25) is 5.91 Å². The van der Waals surface area contributed by atoms with Crippen molar-refractivity contribution in [2.75, 3.05) is 40.9 Å². The number of amides is 1. The number of hydrogen-bond acceptors (Lipinski definition) is 6. The lowest BCUT2D eigenvalue weighted by Crippen LogP contribution is -2.47. The Morgan fingerprint density at radius 3 is 1.04 bits per heavy atom. The summed E-state index contributed by atoms with van der Waals surface area (Å²) in [6, 6.07) is -0.853. The van der Waals surface area contributed by atoms with E-state index in [0.29, 0.717) is 17.4 Å². The minimum atomic E-state index is -4.46. The van der Waals surface area contributed by atoms with E-state index >= 15 is 0 Å². The molecule has 0 saturated heterocycles. The Morgan fingerprint density at radius 1 is 0.389 bits per heavy atom. The van der Waals surface area contributed by atoms with Crippen LogP contribution >= 0.6 is 7.82 Å². The van der Waals surface area contributed by atoms with E-state index in [1.807, 2.05) is 33.3 Å². The summed E-state index contributed by atoms with van der Waals surface area (Å²) in [6.07, 6.45) is 92.1. The molecule has 526 valence electrons. The number of rotatable bonds is 71. The van der Waals surface area contributed by atoms with E-state index in [-0.39, 0.29) is 31.5 Å². The van der Waals surface area contributed by atoms with Gasteiger partial charge in [0.05, 0.1) is 33.8 Å². The molecule has 3 unspecified atom stereocenters. The van der Waals surface area contributed by atoms with E-state index in [1.165, 1.54) is 257 Å². The first kappa shape index (κ1) is 87.5. The first-order valence-electron chi connectivity index (χ1n) is 38.8. The fourth-order valence-electron chi connectivity index (χ4n) is 11.4. The van der Waals surface area contributed by atoms with Crippen LogP contribution < -0.4 is 5.32 Å². The second-order valence-electron chi connectivity index (χ2n) is 27.5. The van der Waals surface area contributed by atoms with Crippen LogP contribution in [0.1, 0.15) is 374 Å². The fourth-order valence-corrected chi connectivity index (χ4v) is 12.1. The molecule has 0 fully saturated rings. The van der Waals surface area contributed by atoms with Crippen LogP contribution in [0.15, 0.2) is 72.9 Å². The van der Waals surface area contributed by atoms with Crippen LogP contribution in [0.3, 0.4) is 0 Å². The van der Waals surface area contributed by atoms with Crippen LogP contribution in [0, 0.1) is 0 Å². The van der Waals surface area contributed by atoms with E-state index in [0.717, 1.165) is 83.5 Å². The number of carbonyl (C=O) groups is 2. The van der Waals surface area contributed by atoms with Crippen LogP contribution in [-0.4, -0.2) is 74.3 Å². The number of phosphoric ester groups is 1. The highest BCUT2D eigenvalue weighted by molar-refractivity contribution is 7.47. The molecule has 0 aromatic carbocycles. The number of phosphoric acid groups is 1. The molecule has 9 nitrogen and oxygen atoms in total. The van der Waals surface area contributed by atoms with Gasteiger partial charge >= 0.3 is 13.8 Å². The summed E-state index contributed by atoms with van der Waals surface area (Å²) in [4.78, 5) is 38.0. The summed E-state index contributed by atoms with van der Waals surface area (Å²) in [5.41, 5.74) is 0. The minimum absolute atomic E-state index is 0.0389. The lowest BCUT2D eigenvalue weighted by Gasteiger charge is -2.27. The Bertz CT molecular complexity index is 1770. The molecule has 0 aromatic heterocycles. The Labute approximate surface area is 559 Å². The third-order valence-electron chi connectivity index (χ3n) is 17.4. The summed E-state index contributed by atoms with van der Waals surface area (Å²) >= 11 is 0. The zero-order valence-electron chi connectivity index (χ0n) is 60.4. The number of ether oxygens (including phenoxy) is 1. The van der Waals surface area contributed by atoms with Gasteiger partial charge < -0.3 is 19.4 Å². The summed E-state index contributed by atoms with van der Waals surface area (Å²) in [7, 11) is 1.50. The van der Waals surface area contributed by atoms with Gasteiger partial charge in [-0.2, -0.15) is 0 Å². The van der Waals surface area contributed by atoms with Gasteiger partial charge in [-0.15, -0.1) is 0 Å². The van der Waals surface area contributed by atoms with Crippen molar-refractivity contribution in [2.45, 2.75) is 386 Å². The maximum absolute atomic E-state index is 13.7. The second kappa shape index (κ2) is 69.3. The molecule has 2 N–H and O–H groups in total. The van der Waals surface area contributed by atoms with E-state index < -0.39 is 20.0 Å². The predicted octanol–water partition coefficient (Wildman–Crippen LogP) is 25.1. The summed E-state index contributed by atoms with van der Waals surface area (Å²) in [6.45, 7) is 7.03. The molecule has 0 aromatic rings. The third-order valence-corrected chi connectivity index (χ3v) is 18.4. The molecule has 0 aliphatic heterocycles. The summed E-state index contributed by atoms with van der Waals surface area (Å²) < 4.78 is 30.9. The second-order valence-corrected chi connectivity index (χ2v) is 29.0. The molecule has 0 heterocycles. The van der Waals surface area contributed by atoms with Crippen molar-refractivity contribution in [3.05, 3.63) is 72.9 Å². The van der Waals surface area contributed by atoms with E-state index in [4.69, 9.17) is 13.8 Å². The molecular formula is C80H150N2O7P+. The van der Waals surface area contributed by atoms with Crippen molar-refractivity contribution in [1.29, 1.82) is 0 Å². The van der Waals surface area contributed by atoms with Gasteiger partial charge in [-0.3, -0.25) is 18.6 Å². The molecule has 0 radical (unpaired) electrons. The van der Waals surface area contributed by atoms with Crippen LogP contribution in [0.2, 0.25) is 0 Å². The Morgan fingerprint density at radius 2 is 0.678 bits per heavy atom. The monoisotopic (exact) mass is 1280 g/mol. The largest absolute Gasteiger partial charge is 0.472 e. The number of carbonyl (C=O) groups excluding carboxylic acids is 2. The Balaban J connectivity index is 4.96. The Hall–Kier alpha value is -2.55. The van der Waals surface area contributed by atoms with E-state index in [1.54, 1.807) is 0 Å². The van der Waals surface area contributed by atoms with Crippen molar-refractivity contribution in [3.8, 4) is 0 Å². The number of nitrogens with one attached hydrogen (secondary N) is 1. The molecule has 0 aliphatic rings. The SMILES string of the molecule is CCCCC/C=C\C/C=C\C/C=C\C/C=C\CCCCCCCCCCCC(=O)OC(/C=C/CCCCCCCCCCCC)C(COP(=O)(O)OCC[N+](C)(C)C)NC(=O)CCCCCCCCCCCCCCCCCCC/C=C/CCCCCCCC. The molecule has 1 amide bonds. The summed E-state index contributed by atoms with van der Waals surface area (Å²) in [5, 5.41) is 3.08. The first-order valence-corrected chi connectivity index (χ1v) is 40.3. The average Bonchev–Trinajstić information content (AvgIpc) is 3.11. The lowest BCUT2D eigenvalue weighted by atomic mass is 10.0. The van der Waals surface area contributed by atoms with Crippen molar-refractivity contribution in [2.24, 2.45) is 0 Å². The fraction of sp³-hybridized carbons (Fsp3) is 0.825. The van der Waals surface area contributed by atoms with Crippen LogP contribution in [-0.2, 0) is 27.9 Å². The lowest BCUT2D eigenvalue weighted by molar-refractivity contribution is -0.870. The topological polar surface area (TPSA) is 111 Å². The summed E-state index contributed by atoms with van der Waals surface area (Å²) in [5.74, 6) is -0.498. The molecule has 0 bridgehead atoms. The molecule has 3 atom stereocenters. The van der Waals surface area contributed by atoms with Crippen molar-refractivity contribution >= 4 is 19.7 Å². The number of nitrogens with zero attached hydrogens (tertiary/aromatic N) is 1. The molecule has 0 saturated carbocycles. The predicted molar refractivity (Wildman–Crippen MR) is 392 cm³/mol. The minimum Gasteiger partial charge on any atom is -0.456 e.